The fourth-order valence-electron chi connectivity index (χ4n) is 3.59. The van der Waals surface area contributed by atoms with Gasteiger partial charge in [-0.15, -0.1) is 0 Å². The molecule has 4 aromatic rings. The lowest BCUT2D eigenvalue weighted by atomic mass is 10.3. The van der Waals surface area contributed by atoms with E-state index in [0.29, 0.717) is 23.8 Å². The summed E-state index contributed by atoms with van der Waals surface area (Å²) < 4.78 is 1.98. The third kappa shape index (κ3) is 3.55. The van der Waals surface area contributed by atoms with E-state index in [-0.39, 0.29) is 6.61 Å². The molecule has 5 heterocycles. The van der Waals surface area contributed by atoms with E-state index in [0.717, 1.165) is 43.3 Å². The van der Waals surface area contributed by atoms with Crippen molar-refractivity contribution >= 4 is 40.1 Å². The van der Waals surface area contributed by atoms with Crippen molar-refractivity contribution in [3.05, 3.63) is 47.5 Å². The maximum atomic E-state index is 9.26. The largest absolute Gasteiger partial charge is 0.395 e. The Morgan fingerprint density at radius 3 is 2.63 bits per heavy atom. The summed E-state index contributed by atoms with van der Waals surface area (Å²) in [4.78, 5) is 23.0. The van der Waals surface area contributed by atoms with Crippen molar-refractivity contribution in [2.45, 2.75) is 0 Å². The number of thiophene rings is 1. The lowest BCUT2D eigenvalue weighted by molar-refractivity contribution is 0.311. The highest BCUT2D eigenvalue weighted by Crippen LogP contribution is 2.26. The molecular formula is C20H22N8OS. The van der Waals surface area contributed by atoms with Gasteiger partial charge in [-0.1, -0.05) is 6.07 Å². The molecular weight excluding hydrogens is 400 g/mol. The number of fused-ring (bicyclic) bond motifs is 1. The SMILES string of the molecule is OCCNc1nc(N2CCN(c3ccccn3)CC2)nc2c1ncn2-c1ccsc1. The fraction of sp³-hybridized carbons (Fsp3) is 0.300. The highest BCUT2D eigenvalue weighted by Gasteiger charge is 2.22. The van der Waals surface area contributed by atoms with E-state index in [1.54, 1.807) is 17.7 Å². The van der Waals surface area contributed by atoms with Crippen molar-refractivity contribution in [1.29, 1.82) is 0 Å². The number of nitrogens with zero attached hydrogens (tertiary/aromatic N) is 7. The van der Waals surface area contributed by atoms with Crippen molar-refractivity contribution < 1.29 is 5.11 Å². The van der Waals surface area contributed by atoms with Gasteiger partial charge >= 0.3 is 0 Å². The Morgan fingerprint density at radius 2 is 1.90 bits per heavy atom. The van der Waals surface area contributed by atoms with Crippen molar-refractivity contribution in [3.63, 3.8) is 0 Å². The minimum atomic E-state index is 0.0226. The van der Waals surface area contributed by atoms with E-state index in [1.807, 2.05) is 40.4 Å². The van der Waals surface area contributed by atoms with Crippen molar-refractivity contribution in [1.82, 2.24) is 24.5 Å². The molecule has 0 aromatic carbocycles. The molecule has 0 aliphatic carbocycles. The summed E-state index contributed by atoms with van der Waals surface area (Å²) in [5.41, 5.74) is 2.48. The summed E-state index contributed by atoms with van der Waals surface area (Å²) in [5.74, 6) is 2.31. The first-order chi connectivity index (χ1) is 14.8. The summed E-state index contributed by atoms with van der Waals surface area (Å²) >= 11 is 1.63. The van der Waals surface area contributed by atoms with E-state index in [1.165, 1.54) is 0 Å². The average molecular weight is 423 g/mol. The van der Waals surface area contributed by atoms with Crippen molar-refractivity contribution in [3.8, 4) is 5.69 Å². The number of anilines is 3. The second-order valence-corrected chi connectivity index (χ2v) is 7.73. The van der Waals surface area contributed by atoms with Crippen LogP contribution in [0.25, 0.3) is 16.9 Å². The number of aliphatic hydroxyl groups excluding tert-OH is 1. The zero-order chi connectivity index (χ0) is 20.3. The Bertz CT molecular complexity index is 1110. The highest BCUT2D eigenvalue weighted by atomic mass is 32.1. The van der Waals surface area contributed by atoms with Gasteiger partial charge in [0.05, 0.1) is 12.3 Å². The quantitative estimate of drug-likeness (QED) is 0.487. The second kappa shape index (κ2) is 8.25. The predicted molar refractivity (Wildman–Crippen MR) is 119 cm³/mol. The minimum absolute atomic E-state index is 0.0226. The number of aromatic nitrogens is 5. The second-order valence-electron chi connectivity index (χ2n) is 6.95. The van der Waals surface area contributed by atoms with Crippen LogP contribution in [0.15, 0.2) is 47.5 Å². The minimum Gasteiger partial charge on any atom is -0.395 e. The van der Waals surface area contributed by atoms with Gasteiger partial charge in [0.25, 0.3) is 0 Å². The van der Waals surface area contributed by atoms with Gasteiger partial charge in [0.15, 0.2) is 17.0 Å². The molecule has 5 rings (SSSR count). The van der Waals surface area contributed by atoms with E-state index in [2.05, 4.69) is 30.5 Å². The Labute approximate surface area is 177 Å². The maximum absolute atomic E-state index is 9.26. The van der Waals surface area contributed by atoms with Gasteiger partial charge < -0.3 is 20.2 Å². The number of hydrogen-bond acceptors (Lipinski definition) is 9. The number of aliphatic hydroxyl groups is 1. The third-order valence-corrected chi connectivity index (χ3v) is 5.78. The van der Waals surface area contributed by atoms with Crippen LogP contribution < -0.4 is 15.1 Å². The molecule has 0 radical (unpaired) electrons. The maximum Gasteiger partial charge on any atom is 0.229 e. The molecule has 0 bridgehead atoms. The molecule has 0 amide bonds. The Hall–Kier alpha value is -3.24. The first-order valence-electron chi connectivity index (χ1n) is 9.87. The van der Waals surface area contributed by atoms with Crippen LogP contribution in [-0.2, 0) is 0 Å². The van der Waals surface area contributed by atoms with Crippen LogP contribution in [0.5, 0.6) is 0 Å². The van der Waals surface area contributed by atoms with Gasteiger partial charge in [-0.2, -0.15) is 21.3 Å². The normalized spacial score (nSPS) is 14.4. The average Bonchev–Trinajstić information content (AvgIpc) is 3.48. The van der Waals surface area contributed by atoms with Gasteiger partial charge in [-0.3, -0.25) is 4.57 Å². The molecule has 9 nitrogen and oxygen atoms in total. The zero-order valence-corrected chi connectivity index (χ0v) is 17.2. The molecule has 1 aliphatic rings. The van der Waals surface area contributed by atoms with Crippen LogP contribution in [0.4, 0.5) is 17.6 Å². The zero-order valence-electron chi connectivity index (χ0n) is 16.3. The lowest BCUT2D eigenvalue weighted by Crippen LogP contribution is -2.47. The van der Waals surface area contributed by atoms with Crippen LogP contribution in [0.2, 0.25) is 0 Å². The van der Waals surface area contributed by atoms with Gasteiger partial charge in [0, 0.05) is 44.3 Å². The highest BCUT2D eigenvalue weighted by molar-refractivity contribution is 7.08. The Balaban J connectivity index is 1.46. The molecule has 1 fully saturated rings. The molecule has 0 atom stereocenters. The van der Waals surface area contributed by atoms with E-state index in [4.69, 9.17) is 9.97 Å². The summed E-state index contributed by atoms with van der Waals surface area (Å²) in [7, 11) is 0. The van der Waals surface area contributed by atoms with E-state index < -0.39 is 0 Å². The number of piperazine rings is 1. The number of imidazole rings is 1. The number of nitrogens with one attached hydrogen (secondary N) is 1. The molecule has 30 heavy (non-hydrogen) atoms. The molecule has 0 saturated carbocycles. The van der Waals surface area contributed by atoms with Gasteiger partial charge in [-0.25, -0.2) is 9.97 Å². The number of rotatable bonds is 6. The van der Waals surface area contributed by atoms with Gasteiger partial charge in [-0.05, 0) is 23.6 Å². The molecule has 1 aliphatic heterocycles. The first-order valence-corrected chi connectivity index (χ1v) is 10.8. The van der Waals surface area contributed by atoms with Crippen LogP contribution in [-0.4, -0.2) is 68.9 Å². The van der Waals surface area contributed by atoms with Gasteiger partial charge in [0.1, 0.15) is 12.1 Å². The third-order valence-electron chi connectivity index (χ3n) is 5.11. The van der Waals surface area contributed by atoms with Crippen LogP contribution in [0.1, 0.15) is 0 Å². The summed E-state index contributed by atoms with van der Waals surface area (Å²) in [6, 6.07) is 8.02. The predicted octanol–water partition coefficient (Wildman–Crippen LogP) is 2.00. The summed E-state index contributed by atoms with van der Waals surface area (Å²) in [6.45, 7) is 3.73. The van der Waals surface area contributed by atoms with Gasteiger partial charge in [0.2, 0.25) is 5.95 Å². The van der Waals surface area contributed by atoms with Crippen LogP contribution in [0.3, 0.4) is 0 Å². The topological polar surface area (TPSA) is 95.2 Å². The first kappa shape index (κ1) is 18.8. The monoisotopic (exact) mass is 422 g/mol. The molecule has 0 unspecified atom stereocenters. The molecule has 1 saturated heterocycles. The van der Waals surface area contributed by atoms with Crippen molar-refractivity contribution in [2.24, 2.45) is 0 Å². The molecule has 2 N–H and O–H groups in total. The smallest absolute Gasteiger partial charge is 0.229 e. The van der Waals surface area contributed by atoms with Crippen LogP contribution in [0, 0.1) is 0 Å². The molecule has 154 valence electrons. The number of hydrogen-bond donors (Lipinski definition) is 2. The van der Waals surface area contributed by atoms with Crippen molar-refractivity contribution in [2.75, 3.05) is 54.4 Å². The molecule has 4 aromatic heterocycles. The van der Waals surface area contributed by atoms with E-state index in [9.17, 15) is 5.11 Å². The van der Waals surface area contributed by atoms with E-state index >= 15 is 0 Å². The fourth-order valence-corrected chi connectivity index (χ4v) is 4.22. The summed E-state index contributed by atoms with van der Waals surface area (Å²) in [6.07, 6.45) is 3.60. The lowest BCUT2D eigenvalue weighted by Gasteiger charge is -2.35. The Morgan fingerprint density at radius 1 is 1.03 bits per heavy atom. The standard InChI is InChI=1S/C20H22N8OS/c29-11-6-22-18-17-19(28(14-23-17)15-4-12-30-13-15)25-20(24-18)27-9-7-26(8-10-27)16-3-1-2-5-21-16/h1-5,12-14,29H,6-11H2,(H,22,24,25). The number of pyridine rings is 1. The molecule has 10 heteroatoms. The summed E-state index contributed by atoms with van der Waals surface area (Å²) in [5, 5.41) is 16.5. The Kier molecular flexibility index (Phi) is 5.16. The molecule has 0 spiro atoms. The van der Waals surface area contributed by atoms with Crippen LogP contribution >= 0.6 is 11.3 Å².